The predicted octanol–water partition coefficient (Wildman–Crippen LogP) is 3.16. The summed E-state index contributed by atoms with van der Waals surface area (Å²) in [6.45, 7) is 5.21. The highest BCUT2D eigenvalue weighted by molar-refractivity contribution is 5.88. The first kappa shape index (κ1) is 14.4. The van der Waals surface area contributed by atoms with Crippen molar-refractivity contribution in [2.75, 3.05) is 6.61 Å². The molecular formula is C15H15F2NO2. The first-order valence-corrected chi connectivity index (χ1v) is 6.36. The van der Waals surface area contributed by atoms with Crippen molar-refractivity contribution in [3.05, 3.63) is 35.4 Å². The summed E-state index contributed by atoms with van der Waals surface area (Å²) in [6, 6.07) is 5.16. The number of hydrogen-bond donors (Lipinski definition) is 0. The predicted molar refractivity (Wildman–Crippen MR) is 67.6 cm³/mol. The summed E-state index contributed by atoms with van der Waals surface area (Å²) >= 11 is 0. The fourth-order valence-corrected chi connectivity index (χ4v) is 3.00. The third kappa shape index (κ3) is 1.71. The van der Waals surface area contributed by atoms with E-state index in [0.717, 1.165) is 12.1 Å². The molecule has 0 saturated heterocycles. The molecule has 1 aromatic carbocycles. The summed E-state index contributed by atoms with van der Waals surface area (Å²) in [5.74, 6) is -2.73. The molecule has 0 bridgehead atoms. The number of halogens is 2. The topological polar surface area (TPSA) is 50.1 Å². The molecule has 0 aromatic heterocycles. The minimum absolute atomic E-state index is 0.150. The Morgan fingerprint density at radius 2 is 2.10 bits per heavy atom. The van der Waals surface area contributed by atoms with Gasteiger partial charge in [0.1, 0.15) is 11.6 Å². The normalized spacial score (nSPS) is 26.7. The molecular weight excluding hydrogens is 264 g/mol. The minimum Gasteiger partial charge on any atom is -0.465 e. The van der Waals surface area contributed by atoms with Crippen molar-refractivity contribution in [1.82, 2.24) is 0 Å². The molecule has 2 atom stereocenters. The molecule has 106 valence electrons. The summed E-state index contributed by atoms with van der Waals surface area (Å²) in [4.78, 5) is 12.1. The van der Waals surface area contributed by atoms with Gasteiger partial charge in [0.2, 0.25) is 0 Å². The molecule has 0 heterocycles. The van der Waals surface area contributed by atoms with E-state index in [1.54, 1.807) is 20.8 Å². The summed E-state index contributed by atoms with van der Waals surface area (Å²) in [6.07, 6.45) is 0. The van der Waals surface area contributed by atoms with Crippen molar-refractivity contribution in [2.24, 2.45) is 10.8 Å². The fourth-order valence-electron chi connectivity index (χ4n) is 3.00. The molecule has 0 spiro atoms. The van der Waals surface area contributed by atoms with Gasteiger partial charge in [0.15, 0.2) is 5.41 Å². The Labute approximate surface area is 116 Å². The van der Waals surface area contributed by atoms with Crippen molar-refractivity contribution in [3.8, 4) is 6.07 Å². The Morgan fingerprint density at radius 1 is 1.45 bits per heavy atom. The number of nitriles is 1. The van der Waals surface area contributed by atoms with Gasteiger partial charge in [0, 0.05) is 17.4 Å². The van der Waals surface area contributed by atoms with Crippen LogP contribution in [0.2, 0.25) is 0 Å². The number of rotatable bonds is 3. The van der Waals surface area contributed by atoms with Crippen LogP contribution in [-0.4, -0.2) is 12.6 Å². The molecule has 5 heteroatoms. The molecule has 3 nitrogen and oxygen atoms in total. The average molecular weight is 279 g/mol. The van der Waals surface area contributed by atoms with Gasteiger partial charge in [0.05, 0.1) is 12.7 Å². The third-order valence-corrected chi connectivity index (χ3v) is 4.13. The van der Waals surface area contributed by atoms with E-state index in [0.29, 0.717) is 0 Å². The second-order valence-corrected chi connectivity index (χ2v) is 5.46. The van der Waals surface area contributed by atoms with Gasteiger partial charge in [-0.1, -0.05) is 19.9 Å². The summed E-state index contributed by atoms with van der Waals surface area (Å²) in [7, 11) is 0. The highest BCUT2D eigenvalue weighted by atomic mass is 19.1. The molecule has 20 heavy (non-hydrogen) atoms. The lowest BCUT2D eigenvalue weighted by molar-refractivity contribution is -0.148. The number of hydrogen-bond acceptors (Lipinski definition) is 3. The zero-order chi connectivity index (χ0) is 15.1. The molecule has 0 radical (unpaired) electrons. The summed E-state index contributed by atoms with van der Waals surface area (Å²) in [5, 5.41) is 9.42. The molecule has 0 amide bonds. The van der Waals surface area contributed by atoms with E-state index in [9.17, 15) is 18.8 Å². The third-order valence-electron chi connectivity index (χ3n) is 4.13. The molecule has 0 aliphatic heterocycles. The van der Waals surface area contributed by atoms with Crippen LogP contribution in [-0.2, 0) is 9.53 Å². The van der Waals surface area contributed by atoms with Crippen LogP contribution in [0, 0.1) is 33.8 Å². The first-order valence-electron chi connectivity index (χ1n) is 6.36. The Bertz CT molecular complexity index is 606. The maximum absolute atomic E-state index is 13.9. The van der Waals surface area contributed by atoms with Crippen LogP contribution in [0.15, 0.2) is 18.2 Å². The lowest BCUT2D eigenvalue weighted by atomic mass is 9.97. The lowest BCUT2D eigenvalue weighted by Crippen LogP contribution is -2.23. The van der Waals surface area contributed by atoms with E-state index in [1.165, 1.54) is 6.07 Å². The maximum Gasteiger partial charge on any atom is 0.327 e. The summed E-state index contributed by atoms with van der Waals surface area (Å²) in [5.41, 5.74) is -2.00. The van der Waals surface area contributed by atoms with Gasteiger partial charge >= 0.3 is 5.97 Å². The molecule has 1 fully saturated rings. The number of carbonyl (C=O) groups excluding carboxylic acids is 1. The number of benzene rings is 1. The van der Waals surface area contributed by atoms with E-state index in [-0.39, 0.29) is 12.2 Å². The largest absolute Gasteiger partial charge is 0.465 e. The number of nitrogens with zero attached hydrogens (tertiary/aromatic N) is 1. The van der Waals surface area contributed by atoms with Crippen LogP contribution in [0.1, 0.15) is 32.3 Å². The smallest absolute Gasteiger partial charge is 0.327 e. The van der Waals surface area contributed by atoms with Crippen LogP contribution in [0.3, 0.4) is 0 Å². The highest BCUT2D eigenvalue weighted by Crippen LogP contribution is 2.74. The van der Waals surface area contributed by atoms with Crippen LogP contribution in [0.5, 0.6) is 0 Å². The van der Waals surface area contributed by atoms with Crippen molar-refractivity contribution in [3.63, 3.8) is 0 Å². The van der Waals surface area contributed by atoms with Crippen LogP contribution < -0.4 is 0 Å². The minimum atomic E-state index is -1.42. The standard InChI is InChI=1S/C15H15F2NO2/c1-4-20-13(19)15(8-18)12(14(15,2)3)10-6-5-9(16)7-11(10)17/h5-7,12H,4H2,1-3H3. The van der Waals surface area contributed by atoms with E-state index < -0.39 is 34.4 Å². The van der Waals surface area contributed by atoms with Gasteiger partial charge in [0.25, 0.3) is 0 Å². The van der Waals surface area contributed by atoms with E-state index in [4.69, 9.17) is 4.74 Å². The lowest BCUT2D eigenvalue weighted by Gasteiger charge is -2.10. The molecule has 1 aliphatic rings. The van der Waals surface area contributed by atoms with E-state index >= 15 is 0 Å². The second-order valence-electron chi connectivity index (χ2n) is 5.46. The van der Waals surface area contributed by atoms with Crippen LogP contribution in [0.25, 0.3) is 0 Å². The van der Waals surface area contributed by atoms with Crippen LogP contribution in [0.4, 0.5) is 8.78 Å². The van der Waals surface area contributed by atoms with Gasteiger partial charge in [-0.25, -0.2) is 8.78 Å². The number of ether oxygens (including phenoxy) is 1. The van der Waals surface area contributed by atoms with Crippen LogP contribution >= 0.6 is 0 Å². The van der Waals surface area contributed by atoms with Gasteiger partial charge in [-0.3, -0.25) is 4.79 Å². The summed E-state index contributed by atoms with van der Waals surface area (Å²) < 4.78 is 31.8. The molecule has 1 saturated carbocycles. The van der Waals surface area contributed by atoms with E-state index in [1.807, 2.05) is 6.07 Å². The maximum atomic E-state index is 13.9. The van der Waals surface area contributed by atoms with Crippen molar-refractivity contribution in [1.29, 1.82) is 5.26 Å². The van der Waals surface area contributed by atoms with E-state index in [2.05, 4.69) is 0 Å². The Hall–Kier alpha value is -1.96. The highest BCUT2D eigenvalue weighted by Gasteiger charge is 2.78. The SMILES string of the molecule is CCOC(=O)C1(C#N)C(c2ccc(F)cc2F)C1(C)C. The zero-order valence-corrected chi connectivity index (χ0v) is 11.5. The van der Waals surface area contributed by atoms with Crippen molar-refractivity contribution < 1.29 is 18.3 Å². The van der Waals surface area contributed by atoms with Gasteiger partial charge in [-0.2, -0.15) is 5.26 Å². The molecule has 2 unspecified atom stereocenters. The monoisotopic (exact) mass is 279 g/mol. The average Bonchev–Trinajstić information content (AvgIpc) is 2.87. The van der Waals surface area contributed by atoms with Crippen molar-refractivity contribution >= 4 is 5.97 Å². The quantitative estimate of drug-likeness (QED) is 0.798. The molecule has 2 rings (SSSR count). The van der Waals surface area contributed by atoms with Gasteiger partial charge < -0.3 is 4.74 Å². The van der Waals surface area contributed by atoms with Gasteiger partial charge in [-0.05, 0) is 18.6 Å². The Morgan fingerprint density at radius 3 is 2.60 bits per heavy atom. The first-order chi connectivity index (χ1) is 9.32. The van der Waals surface area contributed by atoms with Crippen molar-refractivity contribution in [2.45, 2.75) is 26.7 Å². The number of esters is 1. The number of carbonyl (C=O) groups is 1. The molecule has 1 aromatic rings. The van der Waals surface area contributed by atoms with Gasteiger partial charge in [-0.15, -0.1) is 0 Å². The molecule has 0 N–H and O–H groups in total. The Kier molecular flexibility index (Phi) is 3.29. The Balaban J connectivity index is 2.48. The fraction of sp³-hybridized carbons (Fsp3) is 0.467. The molecule has 1 aliphatic carbocycles. The second kappa shape index (κ2) is 4.55. The zero-order valence-electron chi connectivity index (χ0n) is 11.5.